The third-order valence-corrected chi connectivity index (χ3v) is 4.89. The van der Waals surface area contributed by atoms with Gasteiger partial charge >= 0.3 is 0 Å². The first-order valence-electron chi connectivity index (χ1n) is 9.16. The summed E-state index contributed by atoms with van der Waals surface area (Å²) in [6.45, 7) is 0.910. The number of aryl methyl sites for hydroxylation is 1. The van der Waals surface area contributed by atoms with Gasteiger partial charge in [0.2, 0.25) is 6.79 Å². The summed E-state index contributed by atoms with van der Waals surface area (Å²) in [5.41, 5.74) is 3.30. The van der Waals surface area contributed by atoms with Crippen LogP contribution in [0.2, 0.25) is 0 Å². The lowest BCUT2D eigenvalue weighted by molar-refractivity contribution is 0.0980. The summed E-state index contributed by atoms with van der Waals surface area (Å²) in [7, 11) is 0. The summed E-state index contributed by atoms with van der Waals surface area (Å²) in [5.74, 6) is 1.82. The standard InChI is InChI=1S/C21H18N4O3/c26-21(25-9-3-5-14-4-1-2-6-17(14)25)16-11-20(23-12-22-16)24-15-7-8-18-19(10-15)28-13-27-18/h1-2,4,6-8,10-12H,3,5,9,13H2,(H,22,23,24). The maximum atomic E-state index is 13.1. The van der Waals surface area contributed by atoms with Crippen LogP contribution in [0, 0.1) is 0 Å². The van der Waals surface area contributed by atoms with Gasteiger partial charge in [-0.2, -0.15) is 0 Å². The van der Waals surface area contributed by atoms with Crippen molar-refractivity contribution < 1.29 is 14.3 Å². The van der Waals surface area contributed by atoms with Crippen molar-refractivity contribution in [3.63, 3.8) is 0 Å². The number of para-hydroxylation sites is 1. The maximum Gasteiger partial charge on any atom is 0.277 e. The Morgan fingerprint density at radius 3 is 2.89 bits per heavy atom. The van der Waals surface area contributed by atoms with Crippen molar-refractivity contribution in [2.24, 2.45) is 0 Å². The molecule has 1 N–H and O–H groups in total. The molecule has 2 aromatic carbocycles. The maximum absolute atomic E-state index is 13.1. The number of hydrogen-bond donors (Lipinski definition) is 1. The molecule has 1 amide bonds. The molecule has 0 bridgehead atoms. The summed E-state index contributed by atoms with van der Waals surface area (Å²) < 4.78 is 10.7. The van der Waals surface area contributed by atoms with Gasteiger partial charge in [-0.3, -0.25) is 4.79 Å². The minimum absolute atomic E-state index is 0.122. The van der Waals surface area contributed by atoms with E-state index in [1.807, 2.05) is 36.4 Å². The Labute approximate surface area is 161 Å². The molecular formula is C21H18N4O3. The van der Waals surface area contributed by atoms with Crippen molar-refractivity contribution >= 4 is 23.1 Å². The second-order valence-electron chi connectivity index (χ2n) is 6.67. The number of fused-ring (bicyclic) bond motifs is 2. The second kappa shape index (κ2) is 6.84. The van der Waals surface area contributed by atoms with Crippen LogP contribution in [0.25, 0.3) is 0 Å². The van der Waals surface area contributed by atoms with Gasteiger partial charge in [0.05, 0.1) is 0 Å². The van der Waals surface area contributed by atoms with E-state index in [0.717, 1.165) is 24.2 Å². The highest BCUT2D eigenvalue weighted by atomic mass is 16.7. The predicted molar refractivity (Wildman–Crippen MR) is 104 cm³/mol. The molecule has 0 spiro atoms. The summed E-state index contributed by atoms with van der Waals surface area (Å²) in [4.78, 5) is 23.3. The van der Waals surface area contributed by atoms with Crippen LogP contribution in [0.15, 0.2) is 54.9 Å². The molecule has 7 nitrogen and oxygen atoms in total. The van der Waals surface area contributed by atoms with E-state index in [9.17, 15) is 4.79 Å². The highest BCUT2D eigenvalue weighted by Crippen LogP contribution is 2.35. The van der Waals surface area contributed by atoms with E-state index in [2.05, 4.69) is 21.4 Å². The normalized spacial score (nSPS) is 14.5. The molecule has 5 rings (SSSR count). The molecule has 3 aromatic rings. The zero-order chi connectivity index (χ0) is 18.9. The number of amides is 1. The molecule has 0 radical (unpaired) electrons. The summed E-state index contributed by atoms with van der Waals surface area (Å²) >= 11 is 0. The fraction of sp³-hybridized carbons (Fsp3) is 0.190. The van der Waals surface area contributed by atoms with Crippen molar-refractivity contribution in [2.75, 3.05) is 23.6 Å². The number of benzene rings is 2. The lowest BCUT2D eigenvalue weighted by Gasteiger charge is -2.29. The molecule has 3 heterocycles. The fourth-order valence-corrected chi connectivity index (χ4v) is 3.55. The number of rotatable bonds is 3. The zero-order valence-electron chi connectivity index (χ0n) is 15.1. The molecule has 0 atom stereocenters. The van der Waals surface area contributed by atoms with Gasteiger partial charge in [0, 0.05) is 30.1 Å². The predicted octanol–water partition coefficient (Wildman–Crippen LogP) is 3.54. The third-order valence-electron chi connectivity index (χ3n) is 4.89. The van der Waals surface area contributed by atoms with Gasteiger partial charge in [-0.25, -0.2) is 9.97 Å². The quantitative estimate of drug-likeness (QED) is 0.756. The van der Waals surface area contributed by atoms with E-state index in [1.165, 1.54) is 11.9 Å². The van der Waals surface area contributed by atoms with Gasteiger partial charge < -0.3 is 19.7 Å². The number of nitrogens with one attached hydrogen (secondary N) is 1. The van der Waals surface area contributed by atoms with Crippen LogP contribution >= 0.6 is 0 Å². The third kappa shape index (κ3) is 3.00. The first-order chi connectivity index (χ1) is 13.8. The van der Waals surface area contributed by atoms with E-state index >= 15 is 0 Å². The number of anilines is 3. The van der Waals surface area contributed by atoms with Crippen molar-refractivity contribution in [1.29, 1.82) is 0 Å². The minimum Gasteiger partial charge on any atom is -0.454 e. The van der Waals surface area contributed by atoms with Crippen molar-refractivity contribution in [3.05, 3.63) is 66.1 Å². The van der Waals surface area contributed by atoms with Crippen LogP contribution in [-0.2, 0) is 6.42 Å². The van der Waals surface area contributed by atoms with Crippen LogP contribution in [0.3, 0.4) is 0 Å². The molecule has 1 aromatic heterocycles. The minimum atomic E-state index is -0.122. The summed E-state index contributed by atoms with van der Waals surface area (Å²) in [6, 6.07) is 15.2. The highest BCUT2D eigenvalue weighted by molar-refractivity contribution is 6.05. The van der Waals surface area contributed by atoms with E-state index in [1.54, 1.807) is 11.0 Å². The number of aromatic nitrogens is 2. The molecule has 0 fully saturated rings. The number of carbonyl (C=O) groups excluding carboxylic acids is 1. The monoisotopic (exact) mass is 374 g/mol. The highest BCUT2D eigenvalue weighted by Gasteiger charge is 2.24. The number of nitrogens with zero attached hydrogens (tertiary/aromatic N) is 3. The molecule has 0 unspecified atom stereocenters. The smallest absolute Gasteiger partial charge is 0.277 e. The average molecular weight is 374 g/mol. The Kier molecular flexibility index (Phi) is 4.05. The van der Waals surface area contributed by atoms with E-state index < -0.39 is 0 Å². The molecular weight excluding hydrogens is 356 g/mol. The summed E-state index contributed by atoms with van der Waals surface area (Å²) in [6.07, 6.45) is 3.33. The molecule has 28 heavy (non-hydrogen) atoms. The molecule has 140 valence electrons. The van der Waals surface area contributed by atoms with E-state index in [-0.39, 0.29) is 12.7 Å². The number of carbonyl (C=O) groups is 1. The Morgan fingerprint density at radius 2 is 1.93 bits per heavy atom. The van der Waals surface area contributed by atoms with Crippen LogP contribution in [-0.4, -0.2) is 29.2 Å². The molecule has 0 saturated carbocycles. The van der Waals surface area contributed by atoms with Crippen LogP contribution in [0.1, 0.15) is 22.5 Å². The van der Waals surface area contributed by atoms with Crippen LogP contribution in [0.5, 0.6) is 11.5 Å². The van der Waals surface area contributed by atoms with Crippen molar-refractivity contribution in [3.8, 4) is 11.5 Å². The van der Waals surface area contributed by atoms with Crippen LogP contribution in [0.4, 0.5) is 17.2 Å². The molecule has 0 saturated heterocycles. The molecule has 2 aliphatic rings. The molecule has 7 heteroatoms. The Balaban J connectivity index is 1.39. The van der Waals surface area contributed by atoms with E-state index in [4.69, 9.17) is 9.47 Å². The number of hydrogen-bond acceptors (Lipinski definition) is 6. The first kappa shape index (κ1) is 16.6. The van der Waals surface area contributed by atoms with Gasteiger partial charge in [0.15, 0.2) is 11.5 Å². The van der Waals surface area contributed by atoms with Gasteiger partial charge in [-0.05, 0) is 36.6 Å². The van der Waals surface area contributed by atoms with Crippen molar-refractivity contribution in [2.45, 2.75) is 12.8 Å². The topological polar surface area (TPSA) is 76.6 Å². The van der Waals surface area contributed by atoms with E-state index in [0.29, 0.717) is 29.6 Å². The average Bonchev–Trinajstić information content (AvgIpc) is 3.21. The second-order valence-corrected chi connectivity index (χ2v) is 6.67. The Bertz CT molecular complexity index is 1050. The molecule has 0 aliphatic carbocycles. The lowest BCUT2D eigenvalue weighted by atomic mass is 10.0. The van der Waals surface area contributed by atoms with Crippen LogP contribution < -0.4 is 19.7 Å². The van der Waals surface area contributed by atoms with Gasteiger partial charge in [-0.1, -0.05) is 18.2 Å². The Morgan fingerprint density at radius 1 is 1.04 bits per heavy atom. The zero-order valence-corrected chi connectivity index (χ0v) is 15.1. The lowest BCUT2D eigenvalue weighted by Crippen LogP contribution is -2.36. The molecule has 2 aliphatic heterocycles. The Hall–Kier alpha value is -3.61. The van der Waals surface area contributed by atoms with Crippen molar-refractivity contribution in [1.82, 2.24) is 9.97 Å². The first-order valence-corrected chi connectivity index (χ1v) is 9.16. The van der Waals surface area contributed by atoms with Gasteiger partial charge in [0.1, 0.15) is 17.8 Å². The summed E-state index contributed by atoms with van der Waals surface area (Å²) in [5, 5.41) is 3.19. The van der Waals surface area contributed by atoms with Gasteiger partial charge in [0.25, 0.3) is 5.91 Å². The van der Waals surface area contributed by atoms with Gasteiger partial charge in [-0.15, -0.1) is 0 Å². The fourth-order valence-electron chi connectivity index (χ4n) is 3.55. The number of ether oxygens (including phenoxy) is 2. The SMILES string of the molecule is O=C(c1cc(Nc2ccc3c(c2)OCO3)ncn1)N1CCCc2ccccc21. The largest absolute Gasteiger partial charge is 0.454 e.